The van der Waals surface area contributed by atoms with Gasteiger partial charge in [0.15, 0.2) is 0 Å². The van der Waals surface area contributed by atoms with Gasteiger partial charge >= 0.3 is 0 Å². The predicted molar refractivity (Wildman–Crippen MR) is 79.6 cm³/mol. The highest BCUT2D eigenvalue weighted by atomic mass is 16.5. The molecule has 4 heteroatoms. The summed E-state index contributed by atoms with van der Waals surface area (Å²) in [6.45, 7) is 0.519. The number of ether oxygens (including phenoxy) is 1. The van der Waals surface area contributed by atoms with E-state index in [9.17, 15) is 4.79 Å². The van der Waals surface area contributed by atoms with Gasteiger partial charge in [0.2, 0.25) is 0 Å². The van der Waals surface area contributed by atoms with Crippen LogP contribution in [0.3, 0.4) is 0 Å². The number of methoxy groups -OCH3 is 1. The largest absolute Gasteiger partial charge is 0.497 e. The van der Waals surface area contributed by atoms with E-state index in [1.165, 1.54) is 0 Å². The molecular weight excluding hydrogens is 252 g/mol. The summed E-state index contributed by atoms with van der Waals surface area (Å²) in [5.74, 6) is 0.729. The van der Waals surface area contributed by atoms with E-state index >= 15 is 0 Å². The van der Waals surface area contributed by atoms with Gasteiger partial charge in [-0.05, 0) is 35.9 Å². The molecule has 2 N–H and O–H groups in total. The molecule has 2 rings (SSSR count). The number of benzene rings is 2. The summed E-state index contributed by atoms with van der Waals surface area (Å²) < 4.78 is 5.18. The maximum atomic E-state index is 12.3. The lowest BCUT2D eigenvalue weighted by molar-refractivity contribution is 0.0785. The van der Waals surface area contributed by atoms with Gasteiger partial charge in [-0.3, -0.25) is 4.79 Å². The minimum Gasteiger partial charge on any atom is -0.497 e. The fraction of sp³-hybridized carbons (Fsp3) is 0.188. The Balaban J connectivity index is 2.11. The highest BCUT2D eigenvalue weighted by molar-refractivity contribution is 5.94. The summed E-state index contributed by atoms with van der Waals surface area (Å²) in [5.41, 5.74) is 7.90. The highest BCUT2D eigenvalue weighted by Crippen LogP contribution is 2.15. The van der Waals surface area contributed by atoms with Crippen molar-refractivity contribution in [3.05, 3.63) is 59.7 Å². The van der Waals surface area contributed by atoms with Gasteiger partial charge < -0.3 is 15.4 Å². The van der Waals surface area contributed by atoms with E-state index in [1.807, 2.05) is 24.3 Å². The summed E-state index contributed by atoms with van der Waals surface area (Å²) in [4.78, 5) is 14.0. The zero-order chi connectivity index (χ0) is 14.5. The lowest BCUT2D eigenvalue weighted by Gasteiger charge is -2.18. The van der Waals surface area contributed by atoms with Crippen LogP contribution < -0.4 is 10.5 Å². The SMILES string of the molecule is COc1cccc(CN(C)C(=O)c2cccc(N)c2)c1. The summed E-state index contributed by atoms with van der Waals surface area (Å²) in [7, 11) is 3.39. The fourth-order valence-electron chi connectivity index (χ4n) is 2.01. The third kappa shape index (κ3) is 3.29. The van der Waals surface area contributed by atoms with E-state index in [0.717, 1.165) is 11.3 Å². The smallest absolute Gasteiger partial charge is 0.253 e. The third-order valence-electron chi connectivity index (χ3n) is 3.03. The number of hydrogen-bond donors (Lipinski definition) is 1. The van der Waals surface area contributed by atoms with E-state index < -0.39 is 0 Å². The first-order valence-corrected chi connectivity index (χ1v) is 6.34. The van der Waals surface area contributed by atoms with Crippen LogP contribution in [0.4, 0.5) is 5.69 Å². The maximum absolute atomic E-state index is 12.3. The number of amides is 1. The number of anilines is 1. The van der Waals surface area contributed by atoms with Crippen molar-refractivity contribution < 1.29 is 9.53 Å². The molecule has 2 aromatic carbocycles. The number of hydrogen-bond acceptors (Lipinski definition) is 3. The second-order valence-corrected chi connectivity index (χ2v) is 4.64. The number of rotatable bonds is 4. The van der Waals surface area contributed by atoms with Crippen LogP contribution in [0.25, 0.3) is 0 Å². The van der Waals surface area contributed by atoms with Crippen LogP contribution in [-0.2, 0) is 6.54 Å². The van der Waals surface area contributed by atoms with Crippen LogP contribution in [0.15, 0.2) is 48.5 Å². The first kappa shape index (κ1) is 13.9. The van der Waals surface area contributed by atoms with Gasteiger partial charge in [-0.1, -0.05) is 18.2 Å². The molecule has 104 valence electrons. The number of carbonyl (C=O) groups excluding carboxylic acids is 1. The molecule has 0 radical (unpaired) electrons. The monoisotopic (exact) mass is 270 g/mol. The third-order valence-corrected chi connectivity index (χ3v) is 3.03. The van der Waals surface area contributed by atoms with E-state index in [0.29, 0.717) is 17.8 Å². The molecular formula is C16H18N2O2. The molecule has 0 aliphatic heterocycles. The molecule has 1 amide bonds. The molecule has 0 spiro atoms. The maximum Gasteiger partial charge on any atom is 0.253 e. The van der Waals surface area contributed by atoms with Gasteiger partial charge in [-0.15, -0.1) is 0 Å². The van der Waals surface area contributed by atoms with Crippen LogP contribution in [0.1, 0.15) is 15.9 Å². The number of nitrogen functional groups attached to an aromatic ring is 1. The fourth-order valence-corrected chi connectivity index (χ4v) is 2.01. The summed E-state index contributed by atoms with van der Waals surface area (Å²) >= 11 is 0. The number of nitrogens with two attached hydrogens (primary N) is 1. The lowest BCUT2D eigenvalue weighted by atomic mass is 10.1. The Morgan fingerprint density at radius 1 is 1.20 bits per heavy atom. The second-order valence-electron chi connectivity index (χ2n) is 4.64. The van der Waals surface area contributed by atoms with Gasteiger partial charge in [0.05, 0.1) is 7.11 Å². The Kier molecular flexibility index (Phi) is 4.25. The molecule has 0 atom stereocenters. The molecule has 0 unspecified atom stereocenters. The highest BCUT2D eigenvalue weighted by Gasteiger charge is 2.12. The van der Waals surface area contributed by atoms with Crippen molar-refractivity contribution in [2.24, 2.45) is 0 Å². The molecule has 20 heavy (non-hydrogen) atoms. The summed E-state index contributed by atoms with van der Waals surface area (Å²) in [5, 5.41) is 0. The van der Waals surface area contributed by atoms with Crippen LogP contribution in [-0.4, -0.2) is 25.0 Å². The summed E-state index contributed by atoms with van der Waals surface area (Å²) in [6, 6.07) is 14.7. The van der Waals surface area contributed by atoms with Crippen LogP contribution in [0.5, 0.6) is 5.75 Å². The van der Waals surface area contributed by atoms with Gasteiger partial charge in [-0.25, -0.2) is 0 Å². The molecule has 2 aromatic rings. The molecule has 0 saturated carbocycles. The second kappa shape index (κ2) is 6.10. The zero-order valence-corrected chi connectivity index (χ0v) is 11.7. The van der Waals surface area contributed by atoms with Crippen molar-refractivity contribution in [2.45, 2.75) is 6.54 Å². The van der Waals surface area contributed by atoms with E-state index in [2.05, 4.69) is 0 Å². The minimum atomic E-state index is -0.0554. The van der Waals surface area contributed by atoms with Gasteiger partial charge in [0, 0.05) is 24.8 Å². The van der Waals surface area contributed by atoms with Crippen LogP contribution >= 0.6 is 0 Å². The molecule has 0 fully saturated rings. The normalized spacial score (nSPS) is 10.1. The summed E-state index contributed by atoms with van der Waals surface area (Å²) in [6.07, 6.45) is 0. The van der Waals surface area contributed by atoms with Crippen molar-refractivity contribution in [3.63, 3.8) is 0 Å². The van der Waals surface area contributed by atoms with Crippen molar-refractivity contribution in [2.75, 3.05) is 19.9 Å². The Hall–Kier alpha value is -2.49. The first-order chi connectivity index (χ1) is 9.60. The van der Waals surface area contributed by atoms with Gasteiger partial charge in [-0.2, -0.15) is 0 Å². The Labute approximate surface area is 118 Å². The Morgan fingerprint density at radius 3 is 2.65 bits per heavy atom. The quantitative estimate of drug-likeness (QED) is 0.869. The topological polar surface area (TPSA) is 55.6 Å². The minimum absolute atomic E-state index is 0.0554. The van der Waals surface area contributed by atoms with Crippen LogP contribution in [0, 0.1) is 0 Å². The molecule has 0 bridgehead atoms. The number of carbonyl (C=O) groups is 1. The van der Waals surface area contributed by atoms with Crippen molar-refractivity contribution >= 4 is 11.6 Å². The molecule has 4 nitrogen and oxygen atoms in total. The Bertz CT molecular complexity index is 611. The molecule has 0 aromatic heterocycles. The Morgan fingerprint density at radius 2 is 1.95 bits per heavy atom. The van der Waals surface area contributed by atoms with Crippen molar-refractivity contribution in [1.82, 2.24) is 4.90 Å². The number of nitrogens with zero attached hydrogens (tertiary/aromatic N) is 1. The van der Waals surface area contributed by atoms with Crippen LogP contribution in [0.2, 0.25) is 0 Å². The zero-order valence-electron chi connectivity index (χ0n) is 11.7. The standard InChI is InChI=1S/C16H18N2O2/c1-18(11-12-5-3-8-15(9-12)20-2)16(19)13-6-4-7-14(17)10-13/h3-10H,11,17H2,1-2H3. The van der Waals surface area contributed by atoms with E-state index in [1.54, 1.807) is 43.3 Å². The van der Waals surface area contributed by atoms with Gasteiger partial charge in [0.1, 0.15) is 5.75 Å². The molecule has 0 heterocycles. The average molecular weight is 270 g/mol. The molecule has 0 aliphatic rings. The van der Waals surface area contributed by atoms with E-state index in [4.69, 9.17) is 10.5 Å². The molecule has 0 saturated heterocycles. The van der Waals surface area contributed by atoms with Crippen molar-refractivity contribution in [1.29, 1.82) is 0 Å². The van der Waals surface area contributed by atoms with Crippen molar-refractivity contribution in [3.8, 4) is 5.75 Å². The van der Waals surface area contributed by atoms with Gasteiger partial charge in [0.25, 0.3) is 5.91 Å². The average Bonchev–Trinajstić information content (AvgIpc) is 2.46. The lowest BCUT2D eigenvalue weighted by Crippen LogP contribution is -2.26. The predicted octanol–water partition coefficient (Wildman–Crippen LogP) is 2.55. The van der Waals surface area contributed by atoms with E-state index in [-0.39, 0.29) is 5.91 Å². The molecule has 0 aliphatic carbocycles. The first-order valence-electron chi connectivity index (χ1n) is 6.34.